The number of amides is 1. The average molecular weight is 256 g/mol. The zero-order chi connectivity index (χ0) is 13.2. The van der Waals surface area contributed by atoms with Crippen molar-refractivity contribution in [3.8, 4) is 0 Å². The number of rotatable bonds is 5. The first-order valence-corrected chi connectivity index (χ1v) is 6.63. The van der Waals surface area contributed by atoms with E-state index >= 15 is 0 Å². The van der Waals surface area contributed by atoms with E-state index in [0.29, 0.717) is 12.5 Å². The van der Waals surface area contributed by atoms with Gasteiger partial charge in [-0.25, -0.2) is 0 Å². The molecule has 0 aromatic carbocycles. The molecule has 0 saturated carbocycles. The Morgan fingerprint density at radius 3 is 2.83 bits per heavy atom. The molecule has 5 nitrogen and oxygen atoms in total. The summed E-state index contributed by atoms with van der Waals surface area (Å²) in [5, 5.41) is 0. The van der Waals surface area contributed by atoms with Crippen LogP contribution in [0.5, 0.6) is 0 Å². The van der Waals surface area contributed by atoms with Gasteiger partial charge in [-0.2, -0.15) is 0 Å². The predicted octanol–water partition coefficient (Wildman–Crippen LogP) is 0.202. The van der Waals surface area contributed by atoms with E-state index in [0.717, 1.165) is 39.1 Å². The Morgan fingerprint density at radius 2 is 2.22 bits per heavy atom. The molecule has 2 rings (SSSR count). The topological polar surface area (TPSA) is 42.0 Å². The fourth-order valence-electron chi connectivity index (χ4n) is 2.95. The lowest BCUT2D eigenvalue weighted by Crippen LogP contribution is -2.67. The van der Waals surface area contributed by atoms with Gasteiger partial charge < -0.3 is 19.3 Å². The SMILES string of the molecule is COCC[C@@H]1CCOC12CN(C(=O)CN(C)C)C2. The van der Waals surface area contributed by atoms with E-state index in [9.17, 15) is 4.79 Å². The number of hydrogen-bond donors (Lipinski definition) is 0. The largest absolute Gasteiger partial charge is 0.385 e. The fourth-order valence-corrected chi connectivity index (χ4v) is 2.95. The highest BCUT2D eigenvalue weighted by atomic mass is 16.5. The molecule has 0 N–H and O–H groups in total. The summed E-state index contributed by atoms with van der Waals surface area (Å²) < 4.78 is 11.1. The summed E-state index contributed by atoms with van der Waals surface area (Å²) in [6.45, 7) is 3.60. The van der Waals surface area contributed by atoms with Crippen LogP contribution in [0.1, 0.15) is 12.8 Å². The van der Waals surface area contributed by atoms with Crippen molar-refractivity contribution in [3.05, 3.63) is 0 Å². The van der Waals surface area contributed by atoms with Gasteiger partial charge in [-0.3, -0.25) is 4.79 Å². The molecule has 1 atom stereocenters. The highest BCUT2D eigenvalue weighted by Gasteiger charge is 2.53. The van der Waals surface area contributed by atoms with Crippen LogP contribution in [0, 0.1) is 5.92 Å². The molecule has 1 amide bonds. The van der Waals surface area contributed by atoms with E-state index in [1.54, 1.807) is 7.11 Å². The van der Waals surface area contributed by atoms with Crippen LogP contribution in [-0.2, 0) is 14.3 Å². The van der Waals surface area contributed by atoms with Crippen LogP contribution in [-0.4, -0.2) is 75.4 Å². The van der Waals surface area contributed by atoms with Crippen molar-refractivity contribution >= 4 is 5.91 Å². The average Bonchev–Trinajstić information content (AvgIpc) is 2.66. The third-order valence-corrected chi connectivity index (χ3v) is 3.99. The van der Waals surface area contributed by atoms with Crippen molar-refractivity contribution in [1.29, 1.82) is 0 Å². The minimum absolute atomic E-state index is 0.0689. The minimum Gasteiger partial charge on any atom is -0.385 e. The third-order valence-electron chi connectivity index (χ3n) is 3.99. The van der Waals surface area contributed by atoms with Crippen LogP contribution < -0.4 is 0 Å². The Labute approximate surface area is 109 Å². The normalized spacial score (nSPS) is 25.8. The number of carbonyl (C=O) groups excluding carboxylic acids is 1. The highest BCUT2D eigenvalue weighted by molar-refractivity contribution is 5.79. The summed E-state index contributed by atoms with van der Waals surface area (Å²) >= 11 is 0. The van der Waals surface area contributed by atoms with E-state index in [-0.39, 0.29) is 11.5 Å². The zero-order valence-corrected chi connectivity index (χ0v) is 11.6. The second-order valence-electron chi connectivity index (χ2n) is 5.67. The summed E-state index contributed by atoms with van der Waals surface area (Å²) in [6.07, 6.45) is 2.13. The van der Waals surface area contributed by atoms with Crippen LogP contribution in [0.4, 0.5) is 0 Å². The first kappa shape index (κ1) is 13.8. The van der Waals surface area contributed by atoms with Gasteiger partial charge >= 0.3 is 0 Å². The van der Waals surface area contributed by atoms with Crippen molar-refractivity contribution in [2.24, 2.45) is 5.92 Å². The number of nitrogens with zero attached hydrogens (tertiary/aromatic N) is 2. The Kier molecular flexibility index (Phi) is 4.25. The van der Waals surface area contributed by atoms with Gasteiger partial charge in [0.15, 0.2) is 0 Å². The fraction of sp³-hybridized carbons (Fsp3) is 0.923. The van der Waals surface area contributed by atoms with E-state index < -0.39 is 0 Å². The number of likely N-dealkylation sites (tertiary alicyclic amines) is 1. The maximum absolute atomic E-state index is 11.9. The summed E-state index contributed by atoms with van der Waals surface area (Å²) in [7, 11) is 5.57. The van der Waals surface area contributed by atoms with Crippen LogP contribution in [0.3, 0.4) is 0 Å². The maximum Gasteiger partial charge on any atom is 0.236 e. The van der Waals surface area contributed by atoms with E-state index in [2.05, 4.69) is 0 Å². The summed E-state index contributed by atoms with van der Waals surface area (Å²) in [5.74, 6) is 0.743. The molecule has 0 unspecified atom stereocenters. The highest BCUT2D eigenvalue weighted by Crippen LogP contribution is 2.41. The van der Waals surface area contributed by atoms with Gasteiger partial charge in [0.2, 0.25) is 5.91 Å². The molecule has 2 aliphatic rings. The van der Waals surface area contributed by atoms with Crippen LogP contribution >= 0.6 is 0 Å². The van der Waals surface area contributed by atoms with Gasteiger partial charge in [0.1, 0.15) is 5.60 Å². The molecule has 0 aromatic heterocycles. The van der Waals surface area contributed by atoms with Gasteiger partial charge in [-0.1, -0.05) is 0 Å². The molecular formula is C13H24N2O3. The number of hydrogen-bond acceptors (Lipinski definition) is 4. The monoisotopic (exact) mass is 256 g/mol. The maximum atomic E-state index is 11.9. The van der Waals surface area contributed by atoms with E-state index in [4.69, 9.17) is 9.47 Å². The molecule has 1 spiro atoms. The second kappa shape index (κ2) is 5.55. The Hall–Kier alpha value is -0.650. The van der Waals surface area contributed by atoms with Crippen LogP contribution in [0.2, 0.25) is 0 Å². The molecule has 2 heterocycles. The van der Waals surface area contributed by atoms with Gasteiger partial charge in [0, 0.05) is 20.3 Å². The Morgan fingerprint density at radius 1 is 1.50 bits per heavy atom. The molecule has 0 aliphatic carbocycles. The van der Waals surface area contributed by atoms with Gasteiger partial charge in [-0.15, -0.1) is 0 Å². The lowest BCUT2D eigenvalue weighted by atomic mass is 9.79. The van der Waals surface area contributed by atoms with Crippen molar-refractivity contribution in [1.82, 2.24) is 9.80 Å². The van der Waals surface area contributed by atoms with Crippen molar-refractivity contribution in [2.45, 2.75) is 18.4 Å². The number of methoxy groups -OCH3 is 1. The first-order chi connectivity index (χ1) is 8.57. The van der Waals surface area contributed by atoms with Gasteiger partial charge in [0.25, 0.3) is 0 Å². The number of carbonyl (C=O) groups is 1. The molecular weight excluding hydrogens is 232 g/mol. The Balaban J connectivity index is 1.83. The lowest BCUT2D eigenvalue weighted by Gasteiger charge is -2.50. The molecule has 104 valence electrons. The van der Waals surface area contributed by atoms with Crippen LogP contribution in [0.15, 0.2) is 0 Å². The van der Waals surface area contributed by atoms with Crippen molar-refractivity contribution in [2.75, 3.05) is 54.1 Å². The summed E-state index contributed by atoms with van der Waals surface area (Å²) in [4.78, 5) is 15.7. The molecule has 2 fully saturated rings. The predicted molar refractivity (Wildman–Crippen MR) is 68.4 cm³/mol. The molecule has 0 radical (unpaired) electrons. The van der Waals surface area contributed by atoms with Crippen molar-refractivity contribution < 1.29 is 14.3 Å². The van der Waals surface area contributed by atoms with Gasteiger partial charge in [-0.05, 0) is 32.9 Å². The molecule has 2 saturated heterocycles. The molecule has 0 bridgehead atoms. The first-order valence-electron chi connectivity index (χ1n) is 6.63. The molecule has 0 aromatic rings. The minimum atomic E-state index is -0.0689. The van der Waals surface area contributed by atoms with E-state index in [1.807, 2.05) is 23.9 Å². The standard InChI is InChI=1S/C13H24N2O3/c1-14(2)8-12(16)15-9-13(10-15)11(4-6-17-3)5-7-18-13/h11H,4-10H2,1-3H3/t11-/m1/s1. The van der Waals surface area contributed by atoms with Gasteiger partial charge in [0.05, 0.1) is 19.6 Å². The summed E-state index contributed by atoms with van der Waals surface area (Å²) in [5.41, 5.74) is -0.0689. The van der Waals surface area contributed by atoms with Crippen molar-refractivity contribution in [3.63, 3.8) is 0 Å². The van der Waals surface area contributed by atoms with Crippen LogP contribution in [0.25, 0.3) is 0 Å². The molecule has 5 heteroatoms. The zero-order valence-electron chi connectivity index (χ0n) is 11.6. The van der Waals surface area contributed by atoms with E-state index in [1.165, 1.54) is 0 Å². The third kappa shape index (κ3) is 2.68. The summed E-state index contributed by atoms with van der Waals surface area (Å²) in [6, 6.07) is 0. The molecule has 2 aliphatic heterocycles. The Bertz CT molecular complexity index is 301. The number of ether oxygens (including phenoxy) is 2. The molecule has 18 heavy (non-hydrogen) atoms. The lowest BCUT2D eigenvalue weighted by molar-refractivity contribution is -0.166. The quantitative estimate of drug-likeness (QED) is 0.705. The second-order valence-corrected chi connectivity index (χ2v) is 5.67. The number of likely N-dealkylation sites (N-methyl/N-ethyl adjacent to an activating group) is 1. The smallest absolute Gasteiger partial charge is 0.236 e.